The minimum atomic E-state index is -0.110. The summed E-state index contributed by atoms with van der Waals surface area (Å²) in [4.78, 5) is 36.0. The average Bonchev–Trinajstić information content (AvgIpc) is 3.67. The average molecular weight is 649 g/mol. The van der Waals surface area contributed by atoms with E-state index in [9.17, 15) is 9.59 Å². The molecule has 0 atom stereocenters. The summed E-state index contributed by atoms with van der Waals surface area (Å²) in [5.74, 6) is 0.865. The minimum Gasteiger partial charge on any atom is -0.456 e. The Kier molecular flexibility index (Phi) is 11.3. The van der Waals surface area contributed by atoms with Gasteiger partial charge in [0.25, 0.3) is 0 Å². The van der Waals surface area contributed by atoms with Crippen molar-refractivity contribution in [2.45, 2.75) is 60.4 Å². The third kappa shape index (κ3) is 7.80. The first kappa shape index (κ1) is 34.4. The Hall–Kier alpha value is -4.89. The van der Waals surface area contributed by atoms with Crippen LogP contribution in [0.2, 0.25) is 0 Å². The summed E-state index contributed by atoms with van der Waals surface area (Å²) >= 11 is 0. The summed E-state index contributed by atoms with van der Waals surface area (Å²) in [6.45, 7) is 13.3. The molecule has 0 saturated carbocycles. The fraction of sp³-hybridized carbons (Fsp3) is 0.359. The Labute approximate surface area is 283 Å². The summed E-state index contributed by atoms with van der Waals surface area (Å²) in [5, 5.41) is 8.27. The second kappa shape index (κ2) is 15.8. The zero-order chi connectivity index (χ0) is 34.2. The fourth-order valence-corrected chi connectivity index (χ4v) is 6.12. The minimum absolute atomic E-state index is 0.0154. The molecular weight excluding hydrogens is 600 g/mol. The second-order valence-corrected chi connectivity index (χ2v) is 12.4. The topological polar surface area (TPSA) is 106 Å². The van der Waals surface area contributed by atoms with Crippen LogP contribution in [0.3, 0.4) is 0 Å². The van der Waals surface area contributed by atoms with E-state index in [0.717, 1.165) is 105 Å². The lowest BCUT2D eigenvalue weighted by Crippen LogP contribution is -2.41. The number of amides is 2. The number of nitrogens with one attached hydrogen (secondary N) is 3. The number of benzene rings is 3. The summed E-state index contributed by atoms with van der Waals surface area (Å²) in [6, 6.07) is 19.1. The first-order chi connectivity index (χ1) is 23.3. The molecule has 0 radical (unpaired) electrons. The smallest absolute Gasteiger partial charge is 0.242 e. The molecule has 3 N–H and O–H groups in total. The van der Waals surface area contributed by atoms with Crippen LogP contribution < -0.4 is 10.6 Å². The molecule has 0 unspecified atom stereocenters. The van der Waals surface area contributed by atoms with E-state index >= 15 is 0 Å². The van der Waals surface area contributed by atoms with Crippen molar-refractivity contribution >= 4 is 51.0 Å². The van der Waals surface area contributed by atoms with Crippen molar-refractivity contribution in [3.63, 3.8) is 0 Å². The highest BCUT2D eigenvalue weighted by Gasteiger charge is 2.18. The van der Waals surface area contributed by atoms with E-state index in [1.54, 1.807) is 4.90 Å². The zero-order valence-corrected chi connectivity index (χ0v) is 29.1. The highest BCUT2D eigenvalue weighted by Crippen LogP contribution is 2.34. The van der Waals surface area contributed by atoms with Gasteiger partial charge in [0.1, 0.15) is 17.0 Å². The standard InChI is InChI=1S/C39H48N6O3/c1-7-17-44(6)24-38-42-33-16-13-27(19-34(33)43-38)28-11-14-30-31-15-12-29(21-37(31)48-36(30)20-28)32(10-4)41-35(26(5)9-3)23-45(18-8-2)39(47)22-40-25-46/h10-16,19-21,25,41H,7-9,17-18,22-24H2,1-6H3,(H,40,46)(H,42,43)/b32-10-,35-26+. The molecule has 2 amide bonds. The first-order valence-corrected chi connectivity index (χ1v) is 17.0. The van der Waals surface area contributed by atoms with Gasteiger partial charge < -0.3 is 24.9 Å². The van der Waals surface area contributed by atoms with Gasteiger partial charge in [0.2, 0.25) is 12.3 Å². The molecule has 0 aliphatic rings. The Bertz CT molecular complexity index is 1970. The molecule has 0 aliphatic heterocycles. The third-order valence-electron chi connectivity index (χ3n) is 8.83. The molecule has 2 heterocycles. The number of imidazole rings is 1. The van der Waals surface area contributed by atoms with Crippen LogP contribution in [0.5, 0.6) is 0 Å². The third-order valence-corrected chi connectivity index (χ3v) is 8.83. The molecule has 252 valence electrons. The monoisotopic (exact) mass is 648 g/mol. The van der Waals surface area contributed by atoms with Gasteiger partial charge in [-0.25, -0.2) is 4.98 Å². The predicted molar refractivity (Wildman–Crippen MR) is 196 cm³/mol. The van der Waals surface area contributed by atoms with Crippen molar-refractivity contribution in [2.75, 3.05) is 33.2 Å². The number of carbonyl (C=O) groups excluding carboxylic acids is 2. The number of rotatable bonds is 16. The molecule has 5 rings (SSSR count). The molecular formula is C39H48N6O3. The number of H-pyrrole nitrogens is 1. The number of aromatic amines is 1. The van der Waals surface area contributed by atoms with Crippen LogP contribution in [0.1, 0.15) is 65.3 Å². The maximum Gasteiger partial charge on any atom is 0.242 e. The molecule has 9 nitrogen and oxygen atoms in total. The van der Waals surface area contributed by atoms with Crippen LogP contribution >= 0.6 is 0 Å². The number of aromatic nitrogens is 2. The molecule has 48 heavy (non-hydrogen) atoms. The molecule has 0 aliphatic carbocycles. The molecule has 2 aromatic heterocycles. The highest BCUT2D eigenvalue weighted by atomic mass is 16.3. The van der Waals surface area contributed by atoms with Crippen molar-refractivity contribution in [3.8, 4) is 11.1 Å². The number of allylic oxidation sites excluding steroid dienone is 2. The van der Waals surface area contributed by atoms with E-state index in [2.05, 4.69) is 103 Å². The molecule has 3 aromatic carbocycles. The summed E-state index contributed by atoms with van der Waals surface area (Å²) in [6.07, 6.45) is 5.38. The SMILES string of the molecule is C/C=C(\N/C(CN(CCC)C(=O)CNC=O)=C(\C)CC)c1ccc2c(c1)oc1cc(-c3ccc4nc(CN(C)CCC)[nH]c4c3)ccc12. The van der Waals surface area contributed by atoms with Gasteiger partial charge >= 0.3 is 0 Å². The van der Waals surface area contributed by atoms with Crippen molar-refractivity contribution in [1.82, 2.24) is 30.4 Å². The van der Waals surface area contributed by atoms with Crippen LogP contribution in [0.15, 0.2) is 76.4 Å². The van der Waals surface area contributed by atoms with Gasteiger partial charge in [-0.2, -0.15) is 0 Å². The van der Waals surface area contributed by atoms with Crippen molar-refractivity contribution in [3.05, 3.63) is 83.3 Å². The van der Waals surface area contributed by atoms with Crippen LogP contribution in [0.25, 0.3) is 49.8 Å². The normalized spacial score (nSPS) is 12.6. The lowest BCUT2D eigenvalue weighted by Gasteiger charge is -2.26. The number of hydrogen-bond donors (Lipinski definition) is 3. The van der Waals surface area contributed by atoms with Crippen molar-refractivity contribution in [1.29, 1.82) is 0 Å². The van der Waals surface area contributed by atoms with E-state index in [1.165, 1.54) is 0 Å². The van der Waals surface area contributed by atoms with E-state index in [4.69, 9.17) is 9.40 Å². The quantitative estimate of drug-likeness (QED) is 0.0953. The number of nitrogens with zero attached hydrogens (tertiary/aromatic N) is 3. The first-order valence-electron chi connectivity index (χ1n) is 17.0. The fourth-order valence-electron chi connectivity index (χ4n) is 6.12. The lowest BCUT2D eigenvalue weighted by atomic mass is 10.0. The van der Waals surface area contributed by atoms with Gasteiger partial charge in [0.05, 0.1) is 30.7 Å². The van der Waals surface area contributed by atoms with Gasteiger partial charge in [0, 0.05) is 34.3 Å². The van der Waals surface area contributed by atoms with E-state index in [0.29, 0.717) is 19.5 Å². The number of fused-ring (bicyclic) bond motifs is 4. The van der Waals surface area contributed by atoms with E-state index in [-0.39, 0.29) is 12.5 Å². The maximum atomic E-state index is 12.8. The van der Waals surface area contributed by atoms with E-state index in [1.807, 2.05) is 19.9 Å². The Morgan fingerprint density at radius 3 is 2.38 bits per heavy atom. The van der Waals surface area contributed by atoms with Gasteiger partial charge in [0.15, 0.2) is 0 Å². The van der Waals surface area contributed by atoms with Crippen molar-refractivity contribution in [2.24, 2.45) is 0 Å². The van der Waals surface area contributed by atoms with Crippen LogP contribution in [0.4, 0.5) is 0 Å². The summed E-state index contributed by atoms with van der Waals surface area (Å²) in [7, 11) is 2.12. The number of furan rings is 1. The van der Waals surface area contributed by atoms with Crippen LogP contribution in [0, 0.1) is 0 Å². The summed E-state index contributed by atoms with van der Waals surface area (Å²) < 4.78 is 6.47. The van der Waals surface area contributed by atoms with Crippen molar-refractivity contribution < 1.29 is 14.0 Å². The number of carbonyl (C=O) groups is 2. The zero-order valence-electron chi connectivity index (χ0n) is 29.1. The summed E-state index contributed by atoms with van der Waals surface area (Å²) in [5.41, 5.74) is 9.89. The molecule has 5 aromatic rings. The number of hydrogen-bond acceptors (Lipinski definition) is 6. The van der Waals surface area contributed by atoms with Crippen LogP contribution in [-0.4, -0.2) is 65.3 Å². The maximum absolute atomic E-state index is 12.8. The Morgan fingerprint density at radius 2 is 1.67 bits per heavy atom. The largest absolute Gasteiger partial charge is 0.456 e. The van der Waals surface area contributed by atoms with Gasteiger partial charge in [-0.15, -0.1) is 0 Å². The van der Waals surface area contributed by atoms with Crippen LogP contribution in [-0.2, 0) is 16.1 Å². The molecule has 9 heteroatoms. The Balaban J connectivity index is 1.40. The Morgan fingerprint density at radius 1 is 0.958 bits per heavy atom. The predicted octanol–water partition coefficient (Wildman–Crippen LogP) is 7.59. The van der Waals surface area contributed by atoms with Gasteiger partial charge in [-0.05, 0) is 94.2 Å². The highest BCUT2D eigenvalue weighted by molar-refractivity contribution is 6.06. The van der Waals surface area contributed by atoms with Gasteiger partial charge in [-0.1, -0.05) is 50.6 Å². The second-order valence-electron chi connectivity index (χ2n) is 12.4. The molecule has 0 saturated heterocycles. The lowest BCUT2D eigenvalue weighted by molar-refractivity contribution is -0.131. The van der Waals surface area contributed by atoms with Gasteiger partial charge in [-0.3, -0.25) is 14.5 Å². The molecule has 0 fully saturated rings. The molecule has 0 bridgehead atoms. The molecule has 0 spiro atoms. The van der Waals surface area contributed by atoms with E-state index < -0.39 is 0 Å².